The van der Waals surface area contributed by atoms with E-state index in [0.717, 1.165) is 30.0 Å². The van der Waals surface area contributed by atoms with Gasteiger partial charge in [-0.2, -0.15) is 0 Å². The molecular formula is C13H20N4O2. The molecule has 0 spiro atoms. The summed E-state index contributed by atoms with van der Waals surface area (Å²) in [7, 11) is 0. The fourth-order valence-electron chi connectivity index (χ4n) is 2.04. The van der Waals surface area contributed by atoms with E-state index in [0.29, 0.717) is 26.2 Å². The second-order valence-electron chi connectivity index (χ2n) is 4.57. The van der Waals surface area contributed by atoms with Gasteiger partial charge in [-0.05, 0) is 13.3 Å². The standard InChI is InChI=1S/C13H20N4O2/c1-3-4-11-9-15-10(2)16-12(11)14-5-6-17-7-8-19-13(17)18/h9H,3-8H2,1-2H3,(H,14,15,16). The molecule has 0 saturated carbocycles. The molecule has 6 nitrogen and oxygen atoms in total. The van der Waals surface area contributed by atoms with Crippen molar-refractivity contribution in [2.24, 2.45) is 0 Å². The van der Waals surface area contributed by atoms with Gasteiger partial charge in [0.25, 0.3) is 0 Å². The summed E-state index contributed by atoms with van der Waals surface area (Å²) in [5.74, 6) is 1.63. The summed E-state index contributed by atoms with van der Waals surface area (Å²) in [6.07, 6.45) is 3.65. The average molecular weight is 264 g/mol. The molecule has 1 N–H and O–H groups in total. The van der Waals surface area contributed by atoms with Crippen LogP contribution in [-0.2, 0) is 11.2 Å². The lowest BCUT2D eigenvalue weighted by molar-refractivity contribution is 0.159. The van der Waals surface area contributed by atoms with Crippen molar-refractivity contribution in [1.82, 2.24) is 14.9 Å². The van der Waals surface area contributed by atoms with Crippen molar-refractivity contribution in [1.29, 1.82) is 0 Å². The van der Waals surface area contributed by atoms with Crippen LogP contribution >= 0.6 is 0 Å². The fraction of sp³-hybridized carbons (Fsp3) is 0.615. The van der Waals surface area contributed by atoms with Gasteiger partial charge < -0.3 is 15.0 Å². The average Bonchev–Trinajstić information content (AvgIpc) is 2.79. The van der Waals surface area contributed by atoms with Crippen LogP contribution in [0.5, 0.6) is 0 Å². The number of cyclic esters (lactones) is 1. The second kappa shape index (κ2) is 6.36. The molecule has 0 bridgehead atoms. The maximum atomic E-state index is 11.3. The van der Waals surface area contributed by atoms with E-state index in [9.17, 15) is 4.79 Å². The number of carbonyl (C=O) groups is 1. The Hall–Kier alpha value is -1.85. The largest absolute Gasteiger partial charge is 0.448 e. The Balaban J connectivity index is 1.90. The third-order valence-electron chi connectivity index (χ3n) is 3.02. The molecule has 2 rings (SSSR count). The molecule has 0 atom stereocenters. The van der Waals surface area contributed by atoms with E-state index in [1.165, 1.54) is 0 Å². The van der Waals surface area contributed by atoms with E-state index >= 15 is 0 Å². The predicted octanol–water partition coefficient (Wildman–Crippen LogP) is 1.60. The smallest absolute Gasteiger partial charge is 0.409 e. The zero-order chi connectivity index (χ0) is 13.7. The number of aryl methyl sites for hydroxylation is 2. The van der Waals surface area contributed by atoms with E-state index in [4.69, 9.17) is 4.74 Å². The first-order valence-corrected chi connectivity index (χ1v) is 6.68. The Morgan fingerprint density at radius 2 is 2.37 bits per heavy atom. The van der Waals surface area contributed by atoms with Crippen molar-refractivity contribution in [3.05, 3.63) is 17.6 Å². The lowest BCUT2D eigenvalue weighted by atomic mass is 10.2. The third kappa shape index (κ3) is 3.56. The van der Waals surface area contributed by atoms with Crippen molar-refractivity contribution < 1.29 is 9.53 Å². The van der Waals surface area contributed by atoms with Gasteiger partial charge in [0.2, 0.25) is 0 Å². The molecule has 1 aromatic heterocycles. The number of ether oxygens (including phenoxy) is 1. The molecule has 1 amide bonds. The van der Waals surface area contributed by atoms with Crippen molar-refractivity contribution in [3.63, 3.8) is 0 Å². The SMILES string of the molecule is CCCc1cnc(C)nc1NCCN1CCOC1=O. The first-order valence-electron chi connectivity index (χ1n) is 6.68. The van der Waals surface area contributed by atoms with Gasteiger partial charge >= 0.3 is 6.09 Å². The summed E-state index contributed by atoms with van der Waals surface area (Å²) in [4.78, 5) is 21.6. The quantitative estimate of drug-likeness (QED) is 0.845. The molecular weight excluding hydrogens is 244 g/mol. The molecule has 0 aromatic carbocycles. The van der Waals surface area contributed by atoms with Crippen LogP contribution in [0.2, 0.25) is 0 Å². The number of aromatic nitrogens is 2. The molecule has 0 unspecified atom stereocenters. The zero-order valence-electron chi connectivity index (χ0n) is 11.5. The van der Waals surface area contributed by atoms with Crippen LogP contribution < -0.4 is 5.32 Å². The van der Waals surface area contributed by atoms with Crippen LogP contribution in [0.25, 0.3) is 0 Å². The van der Waals surface area contributed by atoms with Gasteiger partial charge in [-0.25, -0.2) is 14.8 Å². The van der Waals surface area contributed by atoms with Crippen LogP contribution in [0.1, 0.15) is 24.7 Å². The van der Waals surface area contributed by atoms with Crippen molar-refractivity contribution >= 4 is 11.9 Å². The van der Waals surface area contributed by atoms with E-state index in [1.807, 2.05) is 13.1 Å². The van der Waals surface area contributed by atoms with Crippen molar-refractivity contribution in [2.75, 3.05) is 31.6 Å². The zero-order valence-corrected chi connectivity index (χ0v) is 11.5. The van der Waals surface area contributed by atoms with Gasteiger partial charge in [-0.15, -0.1) is 0 Å². The summed E-state index contributed by atoms with van der Waals surface area (Å²) in [6, 6.07) is 0. The van der Waals surface area contributed by atoms with E-state index < -0.39 is 0 Å². The molecule has 0 radical (unpaired) electrons. The topological polar surface area (TPSA) is 67.3 Å². The summed E-state index contributed by atoms with van der Waals surface area (Å²) in [5, 5.41) is 3.29. The van der Waals surface area contributed by atoms with Gasteiger partial charge in [-0.1, -0.05) is 13.3 Å². The number of amides is 1. The molecule has 1 aliphatic rings. The van der Waals surface area contributed by atoms with Crippen molar-refractivity contribution in [3.8, 4) is 0 Å². The lowest BCUT2D eigenvalue weighted by Crippen LogP contribution is -2.30. The van der Waals surface area contributed by atoms with E-state index in [2.05, 4.69) is 22.2 Å². The third-order valence-corrected chi connectivity index (χ3v) is 3.02. The Labute approximate surface area is 113 Å². The minimum Gasteiger partial charge on any atom is -0.448 e. The highest BCUT2D eigenvalue weighted by molar-refractivity contribution is 5.69. The normalized spacial score (nSPS) is 14.6. The molecule has 104 valence electrons. The van der Waals surface area contributed by atoms with Crippen LogP contribution in [0.4, 0.5) is 10.6 Å². The molecule has 0 aliphatic carbocycles. The minimum absolute atomic E-state index is 0.227. The maximum absolute atomic E-state index is 11.3. The molecule has 1 aromatic rings. The first kappa shape index (κ1) is 13.6. The second-order valence-corrected chi connectivity index (χ2v) is 4.57. The minimum atomic E-state index is -0.227. The highest BCUT2D eigenvalue weighted by Gasteiger charge is 2.20. The predicted molar refractivity (Wildman–Crippen MR) is 72.2 cm³/mol. The maximum Gasteiger partial charge on any atom is 0.409 e. The van der Waals surface area contributed by atoms with E-state index in [1.54, 1.807) is 4.90 Å². The lowest BCUT2D eigenvalue weighted by Gasteiger charge is -2.15. The van der Waals surface area contributed by atoms with Gasteiger partial charge in [0.05, 0.1) is 6.54 Å². The van der Waals surface area contributed by atoms with Crippen LogP contribution in [-0.4, -0.2) is 47.2 Å². The molecule has 2 heterocycles. The van der Waals surface area contributed by atoms with Gasteiger partial charge in [-0.3, -0.25) is 0 Å². The highest BCUT2D eigenvalue weighted by Crippen LogP contribution is 2.13. The van der Waals surface area contributed by atoms with Crippen LogP contribution in [0.3, 0.4) is 0 Å². The number of nitrogens with zero attached hydrogens (tertiary/aromatic N) is 3. The summed E-state index contributed by atoms with van der Waals surface area (Å²) >= 11 is 0. The Morgan fingerprint density at radius 1 is 1.53 bits per heavy atom. The number of carbonyl (C=O) groups excluding carboxylic acids is 1. The molecule has 6 heteroatoms. The Kier molecular flexibility index (Phi) is 4.54. The number of anilines is 1. The number of nitrogens with one attached hydrogen (secondary N) is 1. The summed E-state index contributed by atoms with van der Waals surface area (Å²) in [5.41, 5.74) is 1.12. The molecule has 19 heavy (non-hydrogen) atoms. The van der Waals surface area contributed by atoms with E-state index in [-0.39, 0.29) is 6.09 Å². The van der Waals surface area contributed by atoms with Gasteiger partial charge in [0.1, 0.15) is 18.2 Å². The van der Waals surface area contributed by atoms with Gasteiger partial charge in [0, 0.05) is 24.8 Å². The van der Waals surface area contributed by atoms with Crippen LogP contribution in [0, 0.1) is 6.92 Å². The Bertz CT molecular complexity index is 450. The molecule has 1 fully saturated rings. The van der Waals surface area contributed by atoms with Crippen LogP contribution in [0.15, 0.2) is 6.20 Å². The monoisotopic (exact) mass is 264 g/mol. The fourth-order valence-corrected chi connectivity index (χ4v) is 2.04. The number of hydrogen-bond acceptors (Lipinski definition) is 5. The molecule has 1 aliphatic heterocycles. The summed E-state index contributed by atoms with van der Waals surface area (Å²) < 4.78 is 4.88. The number of hydrogen-bond donors (Lipinski definition) is 1. The van der Waals surface area contributed by atoms with Gasteiger partial charge in [0.15, 0.2) is 0 Å². The number of rotatable bonds is 6. The van der Waals surface area contributed by atoms with Crippen molar-refractivity contribution in [2.45, 2.75) is 26.7 Å². The first-order chi connectivity index (χ1) is 9.20. The Morgan fingerprint density at radius 3 is 3.05 bits per heavy atom. The summed E-state index contributed by atoms with van der Waals surface area (Å²) in [6.45, 7) is 6.47. The molecule has 1 saturated heterocycles. The highest BCUT2D eigenvalue weighted by atomic mass is 16.6.